The van der Waals surface area contributed by atoms with Crippen molar-refractivity contribution >= 4 is 54.6 Å². The van der Waals surface area contributed by atoms with Crippen molar-refractivity contribution in [3.8, 4) is 0 Å². The molecule has 3 heterocycles. The van der Waals surface area contributed by atoms with Crippen LogP contribution in [0.25, 0.3) is 0 Å². The lowest BCUT2D eigenvalue weighted by Gasteiger charge is -2.25. The second kappa shape index (κ2) is 10.4. The first kappa shape index (κ1) is 25.0. The zero-order valence-electron chi connectivity index (χ0n) is 19.6. The third-order valence-corrected chi connectivity index (χ3v) is 10.8. The lowest BCUT2D eigenvalue weighted by Crippen LogP contribution is -2.41. The minimum atomic E-state index is -3.33. The minimum absolute atomic E-state index is 0.161. The summed E-state index contributed by atoms with van der Waals surface area (Å²) in [5.74, 6) is 0.251. The molecule has 1 aromatic heterocycles. The van der Waals surface area contributed by atoms with E-state index in [-0.39, 0.29) is 26.9 Å². The van der Waals surface area contributed by atoms with E-state index < -0.39 is 26.5 Å². The summed E-state index contributed by atoms with van der Waals surface area (Å²) >= 11 is 1.08. The predicted molar refractivity (Wildman–Crippen MR) is 139 cm³/mol. The zero-order chi connectivity index (χ0) is 25.3. The number of hydrazone groups is 1. The molecular weight excluding hydrogens is 522 g/mol. The lowest BCUT2D eigenvalue weighted by atomic mass is 10.1. The highest BCUT2D eigenvalue weighted by molar-refractivity contribution is 7.92. The van der Waals surface area contributed by atoms with Crippen LogP contribution >= 0.6 is 11.3 Å². The molecule has 0 bridgehead atoms. The van der Waals surface area contributed by atoms with Gasteiger partial charge in [-0.1, -0.05) is 23.5 Å². The summed E-state index contributed by atoms with van der Waals surface area (Å²) in [4.78, 5) is 32.5. The number of sulfone groups is 1. The van der Waals surface area contributed by atoms with Crippen LogP contribution in [0.2, 0.25) is 0 Å². The van der Waals surface area contributed by atoms with Gasteiger partial charge in [-0.2, -0.15) is 5.10 Å². The summed E-state index contributed by atoms with van der Waals surface area (Å²) in [5.41, 5.74) is 0.664. The Morgan fingerprint density at radius 1 is 1.06 bits per heavy atom. The molecule has 5 rings (SSSR count). The highest BCUT2D eigenvalue weighted by Crippen LogP contribution is 2.33. The number of benzene rings is 1. The van der Waals surface area contributed by atoms with E-state index in [1.807, 2.05) is 5.01 Å². The zero-order valence-corrected chi connectivity index (χ0v) is 22.0. The van der Waals surface area contributed by atoms with Gasteiger partial charge in [-0.05, 0) is 37.8 Å². The average Bonchev–Trinajstić information content (AvgIpc) is 3.44. The molecule has 0 unspecified atom stereocenters. The molecule has 0 radical (unpaired) electrons. The molecule has 0 atom stereocenters. The molecule has 13 heteroatoms. The van der Waals surface area contributed by atoms with Crippen molar-refractivity contribution in [2.24, 2.45) is 5.10 Å². The average molecular weight is 550 g/mol. The lowest BCUT2D eigenvalue weighted by molar-refractivity contribution is -0.110. The molecule has 1 aromatic carbocycles. The van der Waals surface area contributed by atoms with Gasteiger partial charge in [0.1, 0.15) is 4.88 Å². The molecule has 0 spiro atoms. The van der Waals surface area contributed by atoms with E-state index in [1.54, 1.807) is 17.0 Å². The number of anilines is 1. The van der Waals surface area contributed by atoms with Crippen molar-refractivity contribution in [3.63, 3.8) is 0 Å². The van der Waals surface area contributed by atoms with Gasteiger partial charge >= 0.3 is 0 Å². The van der Waals surface area contributed by atoms with Crippen LogP contribution in [0.15, 0.2) is 40.5 Å². The number of hydrogen-bond donors (Lipinski definition) is 1. The number of amides is 2. The number of rotatable bonds is 7. The van der Waals surface area contributed by atoms with Crippen molar-refractivity contribution in [1.82, 2.24) is 14.9 Å². The first-order valence-electron chi connectivity index (χ1n) is 11.9. The molecule has 1 saturated carbocycles. The summed E-state index contributed by atoms with van der Waals surface area (Å²) in [7, 11) is -4.21. The Morgan fingerprint density at radius 2 is 1.72 bits per heavy atom. The van der Waals surface area contributed by atoms with Crippen molar-refractivity contribution in [3.05, 3.63) is 40.9 Å². The number of aromatic nitrogens is 1. The topological polar surface area (TPSA) is 129 Å². The third kappa shape index (κ3) is 5.52. The van der Waals surface area contributed by atoms with Gasteiger partial charge in [0.25, 0.3) is 11.8 Å². The maximum absolute atomic E-state index is 13.3. The Kier molecular flexibility index (Phi) is 7.22. The molecule has 2 aromatic rings. The molecule has 192 valence electrons. The van der Waals surface area contributed by atoms with Crippen LogP contribution in [0.4, 0.5) is 5.13 Å². The van der Waals surface area contributed by atoms with Crippen LogP contribution in [0.3, 0.4) is 0 Å². The Labute approximate surface area is 216 Å². The first-order valence-corrected chi connectivity index (χ1v) is 15.8. The van der Waals surface area contributed by atoms with Crippen molar-refractivity contribution < 1.29 is 22.2 Å². The van der Waals surface area contributed by atoms with E-state index in [0.717, 1.165) is 37.3 Å². The Balaban J connectivity index is 1.33. The molecule has 1 N–H and O–H groups in total. The summed E-state index contributed by atoms with van der Waals surface area (Å²) < 4.78 is 36.7. The van der Waals surface area contributed by atoms with Crippen LogP contribution in [-0.2, 0) is 25.4 Å². The van der Waals surface area contributed by atoms with Gasteiger partial charge in [0.05, 0.1) is 16.3 Å². The fraction of sp³-hybridized carbons (Fsp3) is 0.478. The van der Waals surface area contributed by atoms with Gasteiger partial charge in [-0.15, -0.1) is 0 Å². The summed E-state index contributed by atoms with van der Waals surface area (Å²) in [6.07, 6.45) is 4.77. The summed E-state index contributed by atoms with van der Waals surface area (Å²) in [5, 5.41) is 9.11. The van der Waals surface area contributed by atoms with Crippen molar-refractivity contribution in [2.45, 2.75) is 35.8 Å². The molecule has 2 aliphatic heterocycles. The normalized spacial score (nSPS) is 19.5. The summed E-state index contributed by atoms with van der Waals surface area (Å²) in [6, 6.07) is 6.28. The van der Waals surface area contributed by atoms with Crippen LogP contribution in [0, 0.1) is 0 Å². The minimum Gasteiger partial charge on any atom is -0.336 e. The van der Waals surface area contributed by atoms with Crippen molar-refractivity contribution in [1.29, 1.82) is 0 Å². The second-order valence-corrected chi connectivity index (χ2v) is 14.0. The first-order chi connectivity index (χ1) is 17.3. The van der Waals surface area contributed by atoms with Crippen molar-refractivity contribution in [2.75, 3.05) is 43.0 Å². The van der Waals surface area contributed by atoms with E-state index >= 15 is 0 Å². The molecule has 1 aliphatic carbocycles. The van der Waals surface area contributed by atoms with Gasteiger partial charge in [-0.25, -0.2) is 13.4 Å². The molecule has 3 aliphatic rings. The third-order valence-electron chi connectivity index (χ3n) is 6.36. The van der Waals surface area contributed by atoms with Crippen LogP contribution in [0.1, 0.15) is 40.9 Å². The highest BCUT2D eigenvalue weighted by atomic mass is 32.2. The van der Waals surface area contributed by atoms with Crippen LogP contribution < -0.4 is 5.32 Å². The van der Waals surface area contributed by atoms with E-state index in [2.05, 4.69) is 15.4 Å². The standard InChI is InChI=1S/C23H27N5O5S3/c29-21(25-23-24-15-19(34-23)22(30)27-11-13-35(31)14-12-27)20(26-28-9-1-2-10-28)16-3-5-17(6-4-16)36(32,33)18-7-8-18/h3-6,15,18H,1-2,7-14H2,(H,24,25,29)/b26-20+. The monoisotopic (exact) mass is 549 g/mol. The molecule has 36 heavy (non-hydrogen) atoms. The molecule has 2 saturated heterocycles. The highest BCUT2D eigenvalue weighted by Gasteiger charge is 2.37. The molecule has 2 amide bonds. The van der Waals surface area contributed by atoms with Gasteiger partial charge in [0.2, 0.25) is 0 Å². The number of nitrogens with one attached hydrogen (secondary N) is 1. The van der Waals surface area contributed by atoms with E-state index in [1.165, 1.54) is 18.3 Å². The fourth-order valence-corrected chi connectivity index (χ4v) is 7.62. The Morgan fingerprint density at radius 3 is 2.36 bits per heavy atom. The van der Waals surface area contributed by atoms with Gasteiger partial charge < -0.3 is 4.90 Å². The largest absolute Gasteiger partial charge is 0.336 e. The van der Waals surface area contributed by atoms with Crippen LogP contribution in [-0.4, -0.2) is 88.0 Å². The van der Waals surface area contributed by atoms with Gasteiger partial charge in [-0.3, -0.25) is 24.1 Å². The van der Waals surface area contributed by atoms with Crippen LogP contribution in [0.5, 0.6) is 0 Å². The number of hydrogen-bond acceptors (Lipinski definition) is 9. The van der Waals surface area contributed by atoms with E-state index in [4.69, 9.17) is 0 Å². The maximum Gasteiger partial charge on any atom is 0.278 e. The SMILES string of the molecule is O=C(Nc1ncc(C(=O)N2CCS(=O)CC2)s1)/C(=N/N1CCCC1)c1ccc(S(=O)(=O)C2CC2)cc1. The van der Waals surface area contributed by atoms with E-state index in [0.29, 0.717) is 47.9 Å². The Hall–Kier alpha value is -2.64. The van der Waals surface area contributed by atoms with Gasteiger partial charge in [0, 0.05) is 54.0 Å². The number of thiazole rings is 1. The number of carbonyl (C=O) groups excluding carboxylic acids is 2. The van der Waals surface area contributed by atoms with Gasteiger partial charge in [0.15, 0.2) is 20.7 Å². The molecular formula is C23H27N5O5S3. The smallest absolute Gasteiger partial charge is 0.278 e. The predicted octanol–water partition coefficient (Wildman–Crippen LogP) is 1.72. The molecule has 10 nitrogen and oxygen atoms in total. The fourth-order valence-electron chi connectivity index (χ4n) is 4.13. The Bertz CT molecular complexity index is 1300. The second-order valence-electron chi connectivity index (χ2n) is 9.00. The number of nitrogens with zero attached hydrogens (tertiary/aromatic N) is 4. The summed E-state index contributed by atoms with van der Waals surface area (Å²) in [6.45, 7) is 2.34. The quantitative estimate of drug-likeness (QED) is 0.521. The van der Waals surface area contributed by atoms with E-state index in [9.17, 15) is 22.2 Å². The maximum atomic E-state index is 13.3. The number of carbonyl (C=O) groups is 2. The molecule has 3 fully saturated rings.